The first kappa shape index (κ1) is 25.7. The fraction of sp³-hybridized carbons (Fsp3) is 0.0357. The van der Waals surface area contributed by atoms with E-state index in [2.05, 4.69) is 0 Å². The largest absolute Gasteiger partial charge is 0.315 e. The maximum absolute atomic E-state index is 14.1. The third-order valence-corrected chi connectivity index (χ3v) is 7.31. The predicted molar refractivity (Wildman–Crippen MR) is 134 cm³/mol. The van der Waals surface area contributed by atoms with E-state index in [1.165, 1.54) is 19.1 Å². The van der Waals surface area contributed by atoms with Crippen LogP contribution in [0.5, 0.6) is 0 Å². The van der Waals surface area contributed by atoms with Crippen LogP contribution in [-0.2, 0) is 4.28 Å². The molecule has 4 aromatic carbocycles. The lowest BCUT2D eigenvalue weighted by molar-refractivity contribution is -0.00776. The number of fused-ring (bicyclic) bond motifs is 1. The average Bonchev–Trinajstić information content (AvgIpc) is 3.35. The number of benzene rings is 4. The fourth-order valence-corrected chi connectivity index (χ4v) is 5.34. The Morgan fingerprint density at radius 2 is 1.35 bits per heavy atom. The number of rotatable bonds is 5. The second-order valence-corrected chi connectivity index (χ2v) is 9.53. The fourth-order valence-electron chi connectivity index (χ4n) is 4.73. The number of imide groups is 1. The lowest BCUT2D eigenvalue weighted by atomic mass is 9.94. The topological polar surface area (TPSA) is 68.6 Å². The Morgan fingerprint density at radius 1 is 0.750 bits per heavy atom. The monoisotopic (exact) mass is 568 g/mol. The van der Waals surface area contributed by atoms with Gasteiger partial charge in [0.15, 0.2) is 29.1 Å². The predicted octanol–water partition coefficient (Wildman–Crippen LogP) is 6.92. The van der Waals surface area contributed by atoms with Gasteiger partial charge in [-0.15, -0.1) is 5.06 Å². The molecular weight excluding hydrogens is 555 g/mol. The zero-order valence-corrected chi connectivity index (χ0v) is 20.9. The first-order chi connectivity index (χ1) is 19.1. The van der Waals surface area contributed by atoms with Crippen molar-refractivity contribution in [3.05, 3.63) is 107 Å². The Kier molecular flexibility index (Phi) is 5.97. The van der Waals surface area contributed by atoms with E-state index in [-0.39, 0.29) is 39.4 Å². The number of hydroxylamine groups is 2. The maximum atomic E-state index is 14.1. The van der Waals surface area contributed by atoms with Gasteiger partial charge in [-0.3, -0.25) is 14.4 Å². The molecule has 1 aliphatic rings. The van der Waals surface area contributed by atoms with E-state index in [0.29, 0.717) is 27.5 Å². The molecule has 0 aliphatic carbocycles. The summed E-state index contributed by atoms with van der Waals surface area (Å²) in [5.74, 6) is -13.3. The van der Waals surface area contributed by atoms with Crippen LogP contribution in [0.2, 0.25) is 0 Å². The van der Waals surface area contributed by atoms with Crippen LogP contribution in [0.4, 0.5) is 22.0 Å². The maximum Gasteiger partial charge on any atom is 0.286 e. The summed E-state index contributed by atoms with van der Waals surface area (Å²) in [5.41, 5.74) is 1.75. The molecule has 0 saturated carbocycles. The number of Topliss-reactive ketones (excluding diaryl/α,β-unsaturated/α-hetero) is 1. The van der Waals surface area contributed by atoms with Gasteiger partial charge in [0.05, 0.1) is 34.4 Å². The lowest BCUT2D eigenvalue weighted by Gasteiger charge is -2.26. The van der Waals surface area contributed by atoms with Crippen LogP contribution < -0.4 is 0 Å². The Morgan fingerprint density at radius 3 is 2.02 bits per heavy atom. The van der Waals surface area contributed by atoms with Crippen molar-refractivity contribution in [1.29, 1.82) is 0 Å². The summed E-state index contributed by atoms with van der Waals surface area (Å²) in [6, 6.07) is 14.9. The van der Waals surface area contributed by atoms with Gasteiger partial charge in [-0.25, -0.2) is 22.0 Å². The molecule has 0 radical (unpaired) electrons. The number of amides is 2. The third-order valence-electron chi connectivity index (χ3n) is 6.56. The number of ketones is 1. The number of aromatic nitrogens is 1. The van der Waals surface area contributed by atoms with Gasteiger partial charge in [-0.1, -0.05) is 30.3 Å². The van der Waals surface area contributed by atoms with Gasteiger partial charge in [0.25, 0.3) is 11.8 Å². The van der Waals surface area contributed by atoms with Gasteiger partial charge in [-0.05, 0) is 31.2 Å². The van der Waals surface area contributed by atoms with Gasteiger partial charge < -0.3 is 4.57 Å². The molecule has 40 heavy (non-hydrogen) atoms. The SMILES string of the molecule is CC(=O)c1cn(-c2ccc3c4c(cccc24)C(=O)N(OSc2c(F)c(F)c(F)c(F)c2F)C3=O)c2ccccc12. The molecule has 200 valence electrons. The first-order valence-corrected chi connectivity index (χ1v) is 12.3. The molecule has 6 nitrogen and oxygen atoms in total. The van der Waals surface area contributed by atoms with Crippen molar-refractivity contribution >= 4 is 51.3 Å². The number of para-hydroxylation sites is 1. The molecule has 0 unspecified atom stereocenters. The Hall–Kier alpha value is -4.55. The van der Waals surface area contributed by atoms with Crippen LogP contribution in [0.25, 0.3) is 27.4 Å². The molecule has 12 heteroatoms. The summed E-state index contributed by atoms with van der Waals surface area (Å²) in [6.45, 7) is 1.44. The highest BCUT2D eigenvalue weighted by atomic mass is 32.2. The molecule has 1 aliphatic heterocycles. The molecule has 2 heterocycles. The number of hydrogen-bond acceptors (Lipinski definition) is 5. The second kappa shape index (κ2) is 9.28. The minimum atomic E-state index is -2.35. The Balaban J connectivity index is 1.44. The molecule has 6 rings (SSSR count). The van der Waals surface area contributed by atoms with Crippen molar-refractivity contribution < 1.29 is 40.6 Å². The molecule has 0 N–H and O–H groups in total. The van der Waals surface area contributed by atoms with Crippen molar-refractivity contribution in [1.82, 2.24) is 9.63 Å². The molecule has 0 bridgehead atoms. The lowest BCUT2D eigenvalue weighted by Crippen LogP contribution is -2.38. The van der Waals surface area contributed by atoms with E-state index in [1.807, 2.05) is 6.07 Å². The van der Waals surface area contributed by atoms with E-state index in [9.17, 15) is 36.3 Å². The number of nitrogens with zero attached hydrogens (tertiary/aromatic N) is 2. The molecule has 1 aromatic heterocycles. The van der Waals surface area contributed by atoms with E-state index in [1.54, 1.807) is 47.2 Å². The van der Waals surface area contributed by atoms with Crippen molar-refractivity contribution in [3.63, 3.8) is 0 Å². The molecule has 5 aromatic rings. The molecule has 2 amide bonds. The molecule has 0 saturated heterocycles. The smallest absolute Gasteiger partial charge is 0.286 e. The molecule has 0 atom stereocenters. The Bertz CT molecular complexity index is 1900. The van der Waals surface area contributed by atoms with E-state index >= 15 is 0 Å². The van der Waals surface area contributed by atoms with Gasteiger partial charge in [-0.2, -0.15) is 4.28 Å². The first-order valence-electron chi connectivity index (χ1n) is 11.5. The number of hydrogen-bond donors (Lipinski definition) is 0. The van der Waals surface area contributed by atoms with Crippen molar-refractivity contribution in [2.75, 3.05) is 0 Å². The standard InChI is InChI=1S/C28H13F5N2O4S/c1-12(36)17-11-34(18-8-3-2-5-13(17)18)19-10-9-16-20-14(19)6-4-7-15(20)27(37)35(28(16)38)39-40-26-24(32)22(30)21(29)23(31)25(26)33/h2-11H,1H3. The van der Waals surface area contributed by atoms with Crippen molar-refractivity contribution in [2.24, 2.45) is 0 Å². The van der Waals surface area contributed by atoms with Crippen LogP contribution in [0.1, 0.15) is 38.0 Å². The quantitative estimate of drug-likeness (QED) is 0.0575. The van der Waals surface area contributed by atoms with Crippen LogP contribution in [0.15, 0.2) is 65.7 Å². The normalized spacial score (nSPS) is 13.1. The second-order valence-electron chi connectivity index (χ2n) is 8.81. The summed E-state index contributed by atoms with van der Waals surface area (Å²) >= 11 is -0.353. The van der Waals surface area contributed by atoms with Crippen LogP contribution in [0, 0.1) is 29.1 Å². The van der Waals surface area contributed by atoms with Crippen LogP contribution in [-0.4, -0.2) is 27.2 Å². The zero-order chi connectivity index (χ0) is 28.5. The molecule has 0 fully saturated rings. The summed E-state index contributed by atoms with van der Waals surface area (Å²) in [5, 5.41) is 1.66. The number of carbonyl (C=O) groups is 3. The van der Waals surface area contributed by atoms with Crippen LogP contribution in [0.3, 0.4) is 0 Å². The highest BCUT2D eigenvalue weighted by Gasteiger charge is 2.36. The highest BCUT2D eigenvalue weighted by Crippen LogP contribution is 2.38. The van der Waals surface area contributed by atoms with E-state index in [0.717, 1.165) is 0 Å². The summed E-state index contributed by atoms with van der Waals surface area (Å²) < 4.78 is 75.5. The minimum Gasteiger partial charge on any atom is -0.315 e. The van der Waals surface area contributed by atoms with Crippen molar-refractivity contribution in [2.45, 2.75) is 11.8 Å². The van der Waals surface area contributed by atoms with Crippen molar-refractivity contribution in [3.8, 4) is 5.69 Å². The van der Waals surface area contributed by atoms with Crippen LogP contribution >= 0.6 is 12.0 Å². The minimum absolute atomic E-state index is 0.00443. The number of halogens is 5. The third kappa shape index (κ3) is 3.63. The highest BCUT2D eigenvalue weighted by molar-refractivity contribution is 7.94. The molecule has 0 spiro atoms. The summed E-state index contributed by atoms with van der Waals surface area (Å²) in [4.78, 5) is 37.4. The molecular formula is C28H13F5N2O4S. The summed E-state index contributed by atoms with van der Waals surface area (Å²) in [7, 11) is 0. The average molecular weight is 568 g/mol. The van der Waals surface area contributed by atoms with Gasteiger partial charge in [0.1, 0.15) is 4.90 Å². The van der Waals surface area contributed by atoms with E-state index in [4.69, 9.17) is 4.28 Å². The number of carbonyl (C=O) groups excluding carboxylic acids is 3. The van der Waals surface area contributed by atoms with Gasteiger partial charge >= 0.3 is 0 Å². The van der Waals surface area contributed by atoms with Gasteiger partial charge in [0, 0.05) is 27.9 Å². The zero-order valence-electron chi connectivity index (χ0n) is 20.1. The Labute approximate surface area is 225 Å². The summed E-state index contributed by atoms with van der Waals surface area (Å²) in [6.07, 6.45) is 1.67. The van der Waals surface area contributed by atoms with E-state index < -0.39 is 45.8 Å². The van der Waals surface area contributed by atoms with Gasteiger partial charge in [0.2, 0.25) is 5.82 Å².